The number of nitrogens with one attached hydrogen (secondary N) is 1. The van der Waals surface area contributed by atoms with Gasteiger partial charge in [-0.2, -0.15) is 11.8 Å². The van der Waals surface area contributed by atoms with Crippen LogP contribution in [0.1, 0.15) is 6.42 Å². The molecule has 0 aromatic heterocycles. The summed E-state index contributed by atoms with van der Waals surface area (Å²) in [6.45, 7) is 0.368. The SMILES string of the molecule is CSCC[C@H](CN)NC(=O)O. The Kier molecular flexibility index (Phi) is 6.06. The Balaban J connectivity index is 3.49. The molecule has 0 radical (unpaired) electrons. The molecule has 0 bridgehead atoms. The molecule has 0 heterocycles. The molecule has 0 saturated carbocycles. The lowest BCUT2D eigenvalue weighted by atomic mass is 10.2. The highest BCUT2D eigenvalue weighted by Gasteiger charge is 2.07. The number of amides is 1. The number of thioether (sulfide) groups is 1. The number of nitrogens with two attached hydrogens (primary N) is 1. The van der Waals surface area contributed by atoms with Crippen molar-refractivity contribution in [1.82, 2.24) is 5.32 Å². The van der Waals surface area contributed by atoms with Gasteiger partial charge in [0.15, 0.2) is 0 Å². The number of hydrogen-bond donors (Lipinski definition) is 3. The fraction of sp³-hybridized carbons (Fsp3) is 0.833. The quantitative estimate of drug-likeness (QED) is 0.567. The molecule has 4 N–H and O–H groups in total. The Hall–Kier alpha value is -0.420. The van der Waals surface area contributed by atoms with Crippen molar-refractivity contribution in [2.75, 3.05) is 18.6 Å². The molecule has 11 heavy (non-hydrogen) atoms. The summed E-state index contributed by atoms with van der Waals surface area (Å²) in [6.07, 6.45) is 1.78. The summed E-state index contributed by atoms with van der Waals surface area (Å²) >= 11 is 1.68. The summed E-state index contributed by atoms with van der Waals surface area (Å²) in [5, 5.41) is 10.7. The van der Waals surface area contributed by atoms with Crippen LogP contribution in [0.4, 0.5) is 4.79 Å². The van der Waals surface area contributed by atoms with Crippen LogP contribution in [0.5, 0.6) is 0 Å². The number of carboxylic acid groups (broad SMARTS) is 1. The van der Waals surface area contributed by atoms with Crippen molar-refractivity contribution in [2.24, 2.45) is 5.73 Å². The standard InChI is InChI=1S/C6H14N2O2S/c1-11-3-2-5(4-7)8-6(9)10/h5,8H,2-4,7H2,1H3,(H,9,10)/t5-/m1/s1. The molecule has 0 spiro atoms. The highest BCUT2D eigenvalue weighted by atomic mass is 32.2. The van der Waals surface area contributed by atoms with Gasteiger partial charge in [0.2, 0.25) is 0 Å². The van der Waals surface area contributed by atoms with Crippen molar-refractivity contribution in [3.8, 4) is 0 Å². The van der Waals surface area contributed by atoms with Crippen LogP contribution >= 0.6 is 11.8 Å². The van der Waals surface area contributed by atoms with E-state index < -0.39 is 6.09 Å². The van der Waals surface area contributed by atoms with Crippen molar-refractivity contribution in [1.29, 1.82) is 0 Å². The molecule has 0 saturated heterocycles. The van der Waals surface area contributed by atoms with Crippen LogP contribution in [-0.2, 0) is 0 Å². The van der Waals surface area contributed by atoms with E-state index >= 15 is 0 Å². The van der Waals surface area contributed by atoms with Crippen LogP contribution in [0.25, 0.3) is 0 Å². The summed E-state index contributed by atoms with van der Waals surface area (Å²) in [6, 6.07) is -0.0973. The van der Waals surface area contributed by atoms with Crippen molar-refractivity contribution < 1.29 is 9.90 Å². The first-order valence-corrected chi connectivity index (χ1v) is 4.78. The van der Waals surface area contributed by atoms with Crippen LogP contribution in [-0.4, -0.2) is 35.8 Å². The minimum atomic E-state index is -0.999. The van der Waals surface area contributed by atoms with Crippen molar-refractivity contribution in [3.05, 3.63) is 0 Å². The first kappa shape index (κ1) is 10.6. The van der Waals surface area contributed by atoms with Crippen molar-refractivity contribution in [2.45, 2.75) is 12.5 Å². The zero-order valence-corrected chi connectivity index (χ0v) is 7.36. The predicted molar refractivity (Wildman–Crippen MR) is 47.0 cm³/mol. The summed E-state index contributed by atoms with van der Waals surface area (Å²) in [7, 11) is 0. The molecular weight excluding hydrogens is 164 g/mol. The normalized spacial score (nSPS) is 12.5. The average Bonchev–Trinajstić information content (AvgIpc) is 1.97. The molecule has 4 nitrogen and oxygen atoms in total. The van der Waals surface area contributed by atoms with Gasteiger partial charge in [-0.05, 0) is 18.4 Å². The Labute approximate surface area is 70.5 Å². The van der Waals surface area contributed by atoms with Gasteiger partial charge in [0.1, 0.15) is 0 Å². The van der Waals surface area contributed by atoms with Gasteiger partial charge in [0.25, 0.3) is 0 Å². The molecule has 0 aliphatic carbocycles. The Morgan fingerprint density at radius 3 is 2.82 bits per heavy atom. The van der Waals surface area contributed by atoms with Crippen LogP contribution in [0.15, 0.2) is 0 Å². The van der Waals surface area contributed by atoms with Crippen LogP contribution in [0.3, 0.4) is 0 Å². The second-order valence-corrected chi connectivity index (χ2v) is 3.15. The van der Waals surface area contributed by atoms with E-state index in [-0.39, 0.29) is 6.04 Å². The first-order chi connectivity index (χ1) is 5.20. The molecular formula is C6H14N2O2S. The zero-order valence-electron chi connectivity index (χ0n) is 6.54. The third-order valence-corrected chi connectivity index (χ3v) is 1.93. The maximum absolute atomic E-state index is 10.2. The molecule has 0 fully saturated rings. The molecule has 1 atom stereocenters. The molecule has 1 amide bonds. The number of carbonyl (C=O) groups is 1. The second kappa shape index (κ2) is 6.30. The van der Waals surface area contributed by atoms with E-state index in [0.29, 0.717) is 6.54 Å². The van der Waals surface area contributed by atoms with Gasteiger partial charge >= 0.3 is 6.09 Å². The summed E-state index contributed by atoms with van der Waals surface area (Å²) in [5.41, 5.74) is 5.33. The maximum Gasteiger partial charge on any atom is 0.404 e. The number of rotatable bonds is 5. The third kappa shape index (κ3) is 6.00. The number of hydrogen-bond acceptors (Lipinski definition) is 3. The Morgan fingerprint density at radius 1 is 1.82 bits per heavy atom. The van der Waals surface area contributed by atoms with Gasteiger partial charge in [-0.25, -0.2) is 4.79 Å². The summed E-state index contributed by atoms with van der Waals surface area (Å²) in [4.78, 5) is 10.2. The van der Waals surface area contributed by atoms with E-state index in [1.807, 2.05) is 6.26 Å². The average molecular weight is 178 g/mol. The largest absolute Gasteiger partial charge is 0.465 e. The van der Waals surface area contributed by atoms with Gasteiger partial charge in [-0.3, -0.25) is 0 Å². The van der Waals surface area contributed by atoms with E-state index in [9.17, 15) is 4.79 Å². The van der Waals surface area contributed by atoms with E-state index in [0.717, 1.165) is 12.2 Å². The van der Waals surface area contributed by atoms with Crippen LogP contribution in [0.2, 0.25) is 0 Å². The first-order valence-electron chi connectivity index (χ1n) is 3.39. The van der Waals surface area contributed by atoms with Crippen LogP contribution < -0.4 is 11.1 Å². The highest BCUT2D eigenvalue weighted by Crippen LogP contribution is 1.98. The van der Waals surface area contributed by atoms with E-state index in [1.165, 1.54) is 0 Å². The molecule has 0 unspecified atom stereocenters. The predicted octanol–water partition coefficient (Wildman–Crippen LogP) is 0.334. The van der Waals surface area contributed by atoms with Crippen molar-refractivity contribution >= 4 is 17.9 Å². The summed E-state index contributed by atoms with van der Waals surface area (Å²) in [5.74, 6) is 0.933. The zero-order chi connectivity index (χ0) is 8.69. The van der Waals surface area contributed by atoms with E-state index in [4.69, 9.17) is 10.8 Å². The molecule has 66 valence electrons. The fourth-order valence-corrected chi connectivity index (χ4v) is 1.20. The lowest BCUT2D eigenvalue weighted by Gasteiger charge is -2.12. The minimum absolute atomic E-state index is 0.0973. The topological polar surface area (TPSA) is 75.3 Å². The lowest BCUT2D eigenvalue weighted by molar-refractivity contribution is 0.190. The molecule has 0 aromatic carbocycles. The Morgan fingerprint density at radius 2 is 2.45 bits per heavy atom. The lowest BCUT2D eigenvalue weighted by Crippen LogP contribution is -2.39. The molecule has 0 rings (SSSR count). The van der Waals surface area contributed by atoms with Gasteiger partial charge in [0.05, 0.1) is 0 Å². The smallest absolute Gasteiger partial charge is 0.404 e. The molecule has 0 aromatic rings. The van der Waals surface area contributed by atoms with Gasteiger partial charge in [-0.15, -0.1) is 0 Å². The van der Waals surface area contributed by atoms with E-state index in [2.05, 4.69) is 5.32 Å². The third-order valence-electron chi connectivity index (χ3n) is 1.28. The second-order valence-electron chi connectivity index (χ2n) is 2.16. The highest BCUT2D eigenvalue weighted by molar-refractivity contribution is 7.98. The summed E-state index contributed by atoms with van der Waals surface area (Å²) < 4.78 is 0. The molecule has 5 heteroatoms. The van der Waals surface area contributed by atoms with Gasteiger partial charge in [0, 0.05) is 12.6 Å². The maximum atomic E-state index is 10.2. The monoisotopic (exact) mass is 178 g/mol. The molecule has 0 aliphatic heterocycles. The van der Waals surface area contributed by atoms with Gasteiger partial charge in [-0.1, -0.05) is 0 Å². The molecule has 0 aliphatic rings. The minimum Gasteiger partial charge on any atom is -0.465 e. The van der Waals surface area contributed by atoms with Crippen LogP contribution in [0, 0.1) is 0 Å². The van der Waals surface area contributed by atoms with E-state index in [1.54, 1.807) is 11.8 Å². The van der Waals surface area contributed by atoms with Crippen molar-refractivity contribution in [3.63, 3.8) is 0 Å². The van der Waals surface area contributed by atoms with Gasteiger partial charge < -0.3 is 16.2 Å². The fourth-order valence-electron chi connectivity index (χ4n) is 0.684. The Bertz CT molecular complexity index is 121.